The minimum absolute atomic E-state index is 0.244. The first kappa shape index (κ1) is 21.8. The molecule has 1 N–H and O–H groups in total. The molecular formula is C24H23IN2O3. The third-order valence-electron chi connectivity index (χ3n) is 4.33. The molecule has 0 saturated carbocycles. The highest BCUT2D eigenvalue weighted by atomic mass is 127. The van der Waals surface area contributed by atoms with E-state index in [4.69, 9.17) is 9.47 Å². The van der Waals surface area contributed by atoms with Gasteiger partial charge < -0.3 is 9.47 Å². The molecule has 0 radical (unpaired) electrons. The number of rotatable bonds is 8. The molecule has 0 spiro atoms. The number of amides is 1. The Kier molecular flexibility index (Phi) is 7.84. The number of hydrogen-bond donors (Lipinski definition) is 1. The van der Waals surface area contributed by atoms with Crippen LogP contribution < -0.4 is 14.9 Å². The number of nitrogens with one attached hydrogen (secondary N) is 1. The van der Waals surface area contributed by atoms with E-state index in [1.54, 1.807) is 12.3 Å². The van der Waals surface area contributed by atoms with Gasteiger partial charge in [-0.25, -0.2) is 5.43 Å². The Morgan fingerprint density at radius 2 is 1.80 bits per heavy atom. The largest absolute Gasteiger partial charge is 0.490 e. The van der Waals surface area contributed by atoms with Crippen LogP contribution in [0.5, 0.6) is 11.5 Å². The maximum absolute atomic E-state index is 12.3. The van der Waals surface area contributed by atoms with Crippen LogP contribution in [0.4, 0.5) is 0 Å². The number of ether oxygens (including phenoxy) is 2. The highest BCUT2D eigenvalue weighted by Crippen LogP contribution is 2.34. The van der Waals surface area contributed by atoms with Crippen LogP contribution in [0.3, 0.4) is 0 Å². The van der Waals surface area contributed by atoms with Gasteiger partial charge in [0.15, 0.2) is 11.5 Å². The van der Waals surface area contributed by atoms with Gasteiger partial charge in [-0.3, -0.25) is 4.79 Å². The standard InChI is InChI=1S/C24H23IN2O3/c1-3-29-22-14-19(15-26-27-24(28)20-12-8-7-9-17(20)2)13-21(25)23(22)30-16-18-10-5-4-6-11-18/h4-15H,3,16H2,1-2H3,(H,27,28)/b26-15+. The minimum atomic E-state index is -0.244. The third kappa shape index (κ3) is 5.82. The number of benzene rings is 3. The number of carbonyl (C=O) groups is 1. The summed E-state index contributed by atoms with van der Waals surface area (Å²) in [4.78, 5) is 12.3. The van der Waals surface area contributed by atoms with E-state index in [1.165, 1.54) is 0 Å². The Bertz CT molecular complexity index is 1040. The fraction of sp³-hybridized carbons (Fsp3) is 0.167. The van der Waals surface area contributed by atoms with Crippen LogP contribution in [0.15, 0.2) is 71.8 Å². The monoisotopic (exact) mass is 514 g/mol. The first-order chi connectivity index (χ1) is 14.6. The van der Waals surface area contributed by atoms with Crippen molar-refractivity contribution in [2.45, 2.75) is 20.5 Å². The molecule has 3 aromatic carbocycles. The molecule has 0 aliphatic rings. The number of nitrogens with zero attached hydrogens (tertiary/aromatic N) is 1. The molecule has 0 saturated heterocycles. The third-order valence-corrected chi connectivity index (χ3v) is 5.13. The lowest BCUT2D eigenvalue weighted by Gasteiger charge is -2.14. The molecule has 0 fully saturated rings. The highest BCUT2D eigenvalue weighted by molar-refractivity contribution is 14.1. The van der Waals surface area contributed by atoms with Crippen LogP contribution in [-0.4, -0.2) is 18.7 Å². The fourth-order valence-corrected chi connectivity index (χ4v) is 3.63. The molecule has 5 nitrogen and oxygen atoms in total. The number of hydrazone groups is 1. The Labute approximate surface area is 190 Å². The summed E-state index contributed by atoms with van der Waals surface area (Å²) < 4.78 is 12.7. The van der Waals surface area contributed by atoms with Gasteiger partial charge in [-0.05, 0) is 71.3 Å². The summed E-state index contributed by atoms with van der Waals surface area (Å²) in [5.74, 6) is 1.10. The van der Waals surface area contributed by atoms with Crippen LogP contribution >= 0.6 is 22.6 Å². The topological polar surface area (TPSA) is 59.9 Å². The van der Waals surface area contributed by atoms with Crippen molar-refractivity contribution in [3.05, 3.63) is 92.6 Å². The van der Waals surface area contributed by atoms with Crippen molar-refractivity contribution >= 4 is 34.7 Å². The zero-order chi connectivity index (χ0) is 21.3. The van der Waals surface area contributed by atoms with Crippen molar-refractivity contribution in [1.82, 2.24) is 5.43 Å². The summed E-state index contributed by atoms with van der Waals surface area (Å²) in [5.41, 5.74) is 5.97. The molecule has 154 valence electrons. The van der Waals surface area contributed by atoms with Gasteiger partial charge >= 0.3 is 0 Å². The van der Waals surface area contributed by atoms with Crippen molar-refractivity contribution in [2.75, 3.05) is 6.61 Å². The molecular weight excluding hydrogens is 491 g/mol. The second-order valence-corrected chi connectivity index (χ2v) is 7.71. The molecule has 3 aromatic rings. The van der Waals surface area contributed by atoms with Gasteiger partial charge in [-0.15, -0.1) is 0 Å². The van der Waals surface area contributed by atoms with Gasteiger partial charge in [0, 0.05) is 5.56 Å². The van der Waals surface area contributed by atoms with Crippen molar-refractivity contribution in [1.29, 1.82) is 0 Å². The van der Waals surface area contributed by atoms with E-state index in [0.717, 1.165) is 20.3 Å². The van der Waals surface area contributed by atoms with E-state index >= 15 is 0 Å². The van der Waals surface area contributed by atoms with Gasteiger partial charge in [0.05, 0.1) is 16.4 Å². The normalized spacial score (nSPS) is 10.8. The molecule has 0 aromatic heterocycles. The first-order valence-electron chi connectivity index (χ1n) is 9.60. The lowest BCUT2D eigenvalue weighted by molar-refractivity contribution is 0.0954. The van der Waals surface area contributed by atoms with E-state index in [0.29, 0.717) is 30.3 Å². The minimum Gasteiger partial charge on any atom is -0.490 e. The van der Waals surface area contributed by atoms with Gasteiger partial charge in [-0.2, -0.15) is 5.10 Å². The second-order valence-electron chi connectivity index (χ2n) is 6.55. The fourth-order valence-electron chi connectivity index (χ4n) is 2.85. The molecule has 0 unspecified atom stereocenters. The second kappa shape index (κ2) is 10.8. The number of hydrogen-bond acceptors (Lipinski definition) is 4. The molecule has 0 aliphatic heterocycles. The molecule has 0 heterocycles. The van der Waals surface area contributed by atoms with Crippen LogP contribution in [-0.2, 0) is 6.61 Å². The van der Waals surface area contributed by atoms with Crippen LogP contribution in [0, 0.1) is 10.5 Å². The van der Waals surface area contributed by atoms with Gasteiger partial charge in [0.2, 0.25) is 0 Å². The molecule has 6 heteroatoms. The summed E-state index contributed by atoms with van der Waals surface area (Å²) in [6.07, 6.45) is 1.60. The Morgan fingerprint density at radius 1 is 1.07 bits per heavy atom. The zero-order valence-corrected chi connectivity index (χ0v) is 19.0. The first-order valence-corrected chi connectivity index (χ1v) is 10.7. The van der Waals surface area contributed by atoms with E-state index in [1.807, 2.05) is 74.5 Å². The Hall–Kier alpha value is -2.87. The predicted molar refractivity (Wildman–Crippen MR) is 127 cm³/mol. The van der Waals surface area contributed by atoms with Crippen molar-refractivity contribution in [3.63, 3.8) is 0 Å². The summed E-state index contributed by atoms with van der Waals surface area (Å²) in [6, 6.07) is 21.2. The molecule has 0 bridgehead atoms. The van der Waals surface area contributed by atoms with Gasteiger partial charge in [-0.1, -0.05) is 48.5 Å². The highest BCUT2D eigenvalue weighted by Gasteiger charge is 2.12. The van der Waals surface area contributed by atoms with Crippen molar-refractivity contribution in [3.8, 4) is 11.5 Å². The van der Waals surface area contributed by atoms with E-state index < -0.39 is 0 Å². The quantitative estimate of drug-likeness (QED) is 0.251. The number of aryl methyl sites for hydroxylation is 1. The maximum atomic E-state index is 12.3. The zero-order valence-electron chi connectivity index (χ0n) is 16.9. The van der Waals surface area contributed by atoms with Crippen LogP contribution in [0.25, 0.3) is 0 Å². The SMILES string of the molecule is CCOc1cc(/C=N/NC(=O)c2ccccc2C)cc(I)c1OCc1ccccc1. The summed E-state index contributed by atoms with van der Waals surface area (Å²) in [6.45, 7) is 4.79. The summed E-state index contributed by atoms with van der Waals surface area (Å²) >= 11 is 2.22. The molecule has 0 aliphatic carbocycles. The predicted octanol–water partition coefficient (Wildman–Crippen LogP) is 5.34. The lowest BCUT2D eigenvalue weighted by Crippen LogP contribution is -2.18. The van der Waals surface area contributed by atoms with Crippen molar-refractivity contribution in [2.24, 2.45) is 5.10 Å². The average molecular weight is 514 g/mol. The van der Waals surface area contributed by atoms with Gasteiger partial charge in [0.25, 0.3) is 5.91 Å². The van der Waals surface area contributed by atoms with Gasteiger partial charge in [0.1, 0.15) is 6.61 Å². The summed E-state index contributed by atoms with van der Waals surface area (Å²) in [5, 5.41) is 4.10. The molecule has 1 amide bonds. The molecule has 0 atom stereocenters. The van der Waals surface area contributed by atoms with E-state index in [2.05, 4.69) is 33.1 Å². The lowest BCUT2D eigenvalue weighted by atomic mass is 10.1. The van der Waals surface area contributed by atoms with Crippen LogP contribution in [0.1, 0.15) is 34.0 Å². The van der Waals surface area contributed by atoms with E-state index in [9.17, 15) is 4.79 Å². The smallest absolute Gasteiger partial charge is 0.271 e. The maximum Gasteiger partial charge on any atom is 0.271 e. The average Bonchev–Trinajstić information content (AvgIpc) is 2.74. The number of carbonyl (C=O) groups excluding carboxylic acids is 1. The Balaban J connectivity index is 1.73. The Morgan fingerprint density at radius 3 is 2.53 bits per heavy atom. The van der Waals surface area contributed by atoms with Crippen molar-refractivity contribution < 1.29 is 14.3 Å². The summed E-state index contributed by atoms with van der Waals surface area (Å²) in [7, 11) is 0. The van der Waals surface area contributed by atoms with E-state index in [-0.39, 0.29) is 5.91 Å². The van der Waals surface area contributed by atoms with Crippen LogP contribution in [0.2, 0.25) is 0 Å². The molecule has 30 heavy (non-hydrogen) atoms. The molecule has 3 rings (SSSR count). The number of halogens is 1.